The Morgan fingerprint density at radius 3 is 2.48 bits per heavy atom. The van der Waals surface area contributed by atoms with Crippen LogP contribution in [-0.2, 0) is 17.8 Å². The van der Waals surface area contributed by atoms with Gasteiger partial charge >= 0.3 is 0 Å². The van der Waals surface area contributed by atoms with Gasteiger partial charge in [0.25, 0.3) is 0 Å². The van der Waals surface area contributed by atoms with Crippen LogP contribution in [0.15, 0.2) is 72.9 Å². The molecule has 4 nitrogen and oxygen atoms in total. The Bertz CT molecular complexity index is 882. The number of carbonyl (C=O) groups excluding carboxylic acids is 1. The van der Waals surface area contributed by atoms with Crippen LogP contribution in [0.25, 0.3) is 0 Å². The number of carbonyl (C=O) groups is 1. The number of pyridine rings is 1. The summed E-state index contributed by atoms with van der Waals surface area (Å²) >= 11 is 0. The lowest BCUT2D eigenvalue weighted by atomic mass is 10.1. The Kier molecular flexibility index (Phi) is 6.15. The van der Waals surface area contributed by atoms with Crippen molar-refractivity contribution in [3.63, 3.8) is 0 Å². The zero-order valence-corrected chi connectivity index (χ0v) is 15.2. The molecule has 0 unspecified atom stereocenters. The molecule has 1 amide bonds. The maximum absolute atomic E-state index is 13.2. The molecule has 0 spiro atoms. The molecule has 0 atom stereocenters. The Morgan fingerprint density at radius 2 is 1.81 bits per heavy atom. The maximum Gasteiger partial charge on any atom is 0.228 e. The van der Waals surface area contributed by atoms with Crippen LogP contribution < -0.4 is 10.2 Å². The van der Waals surface area contributed by atoms with Gasteiger partial charge in [0.1, 0.15) is 11.6 Å². The van der Waals surface area contributed by atoms with Crippen LogP contribution >= 0.6 is 0 Å². The molecule has 3 rings (SSSR count). The van der Waals surface area contributed by atoms with E-state index in [2.05, 4.69) is 34.3 Å². The Morgan fingerprint density at radius 1 is 1.04 bits per heavy atom. The van der Waals surface area contributed by atoms with Gasteiger partial charge in [-0.2, -0.15) is 0 Å². The molecule has 5 heteroatoms. The van der Waals surface area contributed by atoms with Crippen molar-refractivity contribution in [3.8, 4) is 0 Å². The van der Waals surface area contributed by atoms with E-state index in [4.69, 9.17) is 0 Å². The molecular weight excluding hydrogens is 341 g/mol. The van der Waals surface area contributed by atoms with E-state index < -0.39 is 0 Å². The normalized spacial score (nSPS) is 10.4. The Labute approximate surface area is 158 Å². The van der Waals surface area contributed by atoms with Crippen molar-refractivity contribution in [1.29, 1.82) is 0 Å². The minimum Gasteiger partial charge on any atom is -0.353 e. The second-order valence-corrected chi connectivity index (χ2v) is 6.26. The van der Waals surface area contributed by atoms with E-state index in [1.807, 2.05) is 30.3 Å². The number of anilines is 2. The first-order valence-electron chi connectivity index (χ1n) is 8.93. The molecule has 1 heterocycles. The van der Waals surface area contributed by atoms with E-state index in [1.165, 1.54) is 17.7 Å². The standard InChI is InChI=1S/C22H22FN3O/c1-2-26(16-17-7-4-3-5-8-17)21-12-11-20(15-24-21)25-22(27)14-18-9-6-10-19(23)13-18/h3-13,15H,2,14,16H2,1H3,(H,25,27). The lowest BCUT2D eigenvalue weighted by Gasteiger charge is -2.22. The van der Waals surface area contributed by atoms with E-state index in [0.29, 0.717) is 11.3 Å². The minimum atomic E-state index is -0.343. The van der Waals surface area contributed by atoms with Gasteiger partial charge in [-0.15, -0.1) is 0 Å². The third-order valence-electron chi connectivity index (χ3n) is 4.21. The average molecular weight is 363 g/mol. The van der Waals surface area contributed by atoms with Gasteiger partial charge in [0.15, 0.2) is 0 Å². The maximum atomic E-state index is 13.2. The highest BCUT2D eigenvalue weighted by molar-refractivity contribution is 5.92. The highest BCUT2D eigenvalue weighted by Gasteiger charge is 2.09. The molecule has 1 aromatic heterocycles. The van der Waals surface area contributed by atoms with Gasteiger partial charge in [0, 0.05) is 13.1 Å². The number of rotatable bonds is 7. The van der Waals surface area contributed by atoms with E-state index in [1.54, 1.807) is 18.3 Å². The second kappa shape index (κ2) is 8.94. The number of hydrogen-bond acceptors (Lipinski definition) is 3. The SMILES string of the molecule is CCN(Cc1ccccc1)c1ccc(NC(=O)Cc2cccc(F)c2)cn1. The van der Waals surface area contributed by atoms with E-state index in [0.717, 1.165) is 18.9 Å². The van der Waals surface area contributed by atoms with Crippen LogP contribution in [0.3, 0.4) is 0 Å². The molecule has 27 heavy (non-hydrogen) atoms. The number of halogens is 1. The molecule has 0 aliphatic carbocycles. The number of aromatic nitrogens is 1. The Balaban J connectivity index is 1.61. The summed E-state index contributed by atoms with van der Waals surface area (Å²) in [4.78, 5) is 18.8. The topological polar surface area (TPSA) is 45.2 Å². The largest absolute Gasteiger partial charge is 0.353 e. The molecule has 1 N–H and O–H groups in total. The molecular formula is C22H22FN3O. The summed E-state index contributed by atoms with van der Waals surface area (Å²) in [6.07, 6.45) is 1.76. The minimum absolute atomic E-state index is 0.120. The highest BCUT2D eigenvalue weighted by atomic mass is 19.1. The predicted octanol–water partition coefficient (Wildman–Crippen LogP) is 4.43. The first-order valence-corrected chi connectivity index (χ1v) is 8.93. The van der Waals surface area contributed by atoms with Gasteiger partial charge in [-0.25, -0.2) is 9.37 Å². The zero-order chi connectivity index (χ0) is 19.1. The van der Waals surface area contributed by atoms with Gasteiger partial charge in [-0.3, -0.25) is 4.79 Å². The van der Waals surface area contributed by atoms with Crippen LogP contribution in [0.2, 0.25) is 0 Å². The van der Waals surface area contributed by atoms with Crippen molar-refractivity contribution >= 4 is 17.4 Å². The molecule has 0 fully saturated rings. The fourth-order valence-corrected chi connectivity index (χ4v) is 2.84. The van der Waals surface area contributed by atoms with Gasteiger partial charge in [0.2, 0.25) is 5.91 Å². The summed E-state index contributed by atoms with van der Waals surface area (Å²) in [6, 6.07) is 20.0. The van der Waals surface area contributed by atoms with Crippen LogP contribution in [0.1, 0.15) is 18.1 Å². The van der Waals surface area contributed by atoms with Gasteiger partial charge < -0.3 is 10.2 Å². The number of amides is 1. The predicted molar refractivity (Wildman–Crippen MR) is 106 cm³/mol. The van der Waals surface area contributed by atoms with Gasteiger partial charge in [-0.1, -0.05) is 42.5 Å². The first kappa shape index (κ1) is 18.6. The molecule has 0 bridgehead atoms. The number of nitrogens with one attached hydrogen (secondary N) is 1. The van der Waals surface area contributed by atoms with Crippen molar-refractivity contribution in [2.75, 3.05) is 16.8 Å². The lowest BCUT2D eigenvalue weighted by Crippen LogP contribution is -2.23. The fraction of sp³-hybridized carbons (Fsp3) is 0.182. The summed E-state index contributed by atoms with van der Waals surface area (Å²) in [5.74, 6) is 0.306. The third kappa shape index (κ3) is 5.38. The van der Waals surface area contributed by atoms with Crippen molar-refractivity contribution in [2.45, 2.75) is 19.9 Å². The summed E-state index contributed by atoms with van der Waals surface area (Å²) in [5, 5.41) is 2.80. The highest BCUT2D eigenvalue weighted by Crippen LogP contribution is 2.17. The molecule has 3 aromatic rings. The molecule has 0 saturated carbocycles. The van der Waals surface area contributed by atoms with Crippen molar-refractivity contribution < 1.29 is 9.18 Å². The fourth-order valence-electron chi connectivity index (χ4n) is 2.84. The van der Waals surface area contributed by atoms with E-state index in [-0.39, 0.29) is 18.1 Å². The molecule has 0 saturated heterocycles. The van der Waals surface area contributed by atoms with E-state index >= 15 is 0 Å². The molecule has 0 aliphatic rings. The molecule has 2 aromatic carbocycles. The monoisotopic (exact) mass is 363 g/mol. The average Bonchev–Trinajstić information content (AvgIpc) is 2.67. The van der Waals surface area contributed by atoms with Crippen molar-refractivity contribution in [3.05, 3.63) is 89.9 Å². The van der Waals surface area contributed by atoms with Gasteiger partial charge in [-0.05, 0) is 42.3 Å². The smallest absolute Gasteiger partial charge is 0.228 e. The van der Waals surface area contributed by atoms with Crippen LogP contribution in [0.4, 0.5) is 15.9 Å². The third-order valence-corrected chi connectivity index (χ3v) is 4.21. The molecule has 138 valence electrons. The van der Waals surface area contributed by atoms with E-state index in [9.17, 15) is 9.18 Å². The van der Waals surface area contributed by atoms with Crippen molar-refractivity contribution in [1.82, 2.24) is 4.98 Å². The first-order chi connectivity index (χ1) is 13.1. The summed E-state index contributed by atoms with van der Waals surface area (Å²) in [5.41, 5.74) is 2.47. The summed E-state index contributed by atoms with van der Waals surface area (Å²) < 4.78 is 13.2. The van der Waals surface area contributed by atoms with Crippen LogP contribution in [-0.4, -0.2) is 17.4 Å². The molecule has 0 aliphatic heterocycles. The number of hydrogen-bond donors (Lipinski definition) is 1. The summed E-state index contributed by atoms with van der Waals surface area (Å²) in [6.45, 7) is 3.68. The molecule has 0 radical (unpaired) electrons. The van der Waals surface area contributed by atoms with Gasteiger partial charge in [0.05, 0.1) is 18.3 Å². The lowest BCUT2D eigenvalue weighted by molar-refractivity contribution is -0.115. The Hall–Kier alpha value is -3.21. The quantitative estimate of drug-likeness (QED) is 0.675. The number of nitrogens with zero attached hydrogens (tertiary/aromatic N) is 2. The van der Waals surface area contributed by atoms with Crippen molar-refractivity contribution in [2.24, 2.45) is 0 Å². The summed E-state index contributed by atoms with van der Waals surface area (Å²) in [7, 11) is 0. The second-order valence-electron chi connectivity index (χ2n) is 6.26. The zero-order valence-electron chi connectivity index (χ0n) is 15.2. The van der Waals surface area contributed by atoms with Crippen LogP contribution in [0, 0.1) is 5.82 Å². The number of benzene rings is 2. The van der Waals surface area contributed by atoms with Crippen LogP contribution in [0.5, 0.6) is 0 Å².